The number of hydrogen-bond acceptors (Lipinski definition) is 4. The minimum absolute atomic E-state index is 0.0926. The first-order chi connectivity index (χ1) is 17.5. The van der Waals surface area contributed by atoms with Crippen molar-refractivity contribution < 1.29 is 18.0 Å². The zero-order chi connectivity index (χ0) is 27.2. The topological polar surface area (TPSA) is 86.8 Å². The second kappa shape index (κ2) is 12.8. The van der Waals surface area contributed by atoms with Gasteiger partial charge in [0.2, 0.25) is 21.8 Å². The van der Waals surface area contributed by atoms with E-state index in [1.807, 2.05) is 45.0 Å². The molecule has 1 aliphatic rings. The molecule has 1 saturated carbocycles. The van der Waals surface area contributed by atoms with Crippen LogP contribution in [0.15, 0.2) is 42.5 Å². The molecule has 202 valence electrons. The normalized spacial score (nSPS) is 15.2. The van der Waals surface area contributed by atoms with Crippen LogP contribution in [0.25, 0.3) is 0 Å². The summed E-state index contributed by atoms with van der Waals surface area (Å²) >= 11 is 6.42. The van der Waals surface area contributed by atoms with Gasteiger partial charge in [-0.1, -0.05) is 68.1 Å². The van der Waals surface area contributed by atoms with E-state index in [0.29, 0.717) is 22.7 Å². The van der Waals surface area contributed by atoms with Gasteiger partial charge in [0.25, 0.3) is 0 Å². The highest BCUT2D eigenvalue weighted by molar-refractivity contribution is 7.92. The van der Waals surface area contributed by atoms with Crippen molar-refractivity contribution in [3.8, 4) is 0 Å². The van der Waals surface area contributed by atoms with E-state index in [2.05, 4.69) is 5.32 Å². The average Bonchev–Trinajstić information content (AvgIpc) is 2.85. The first-order valence-electron chi connectivity index (χ1n) is 12.9. The predicted molar refractivity (Wildman–Crippen MR) is 149 cm³/mol. The number of anilines is 1. The standard InChI is InChI=1S/C28H38ClN3O4S/c1-5-25(28(34)30-23-12-7-6-8-13-23)31(18-22-11-9-10-14-24(22)29)27(33)19-32(37(4,35)36)26-17-20(2)15-16-21(26)3/h9-11,14-17,23,25H,5-8,12-13,18-19H2,1-4H3,(H,30,34)/t25-/m1/s1. The maximum absolute atomic E-state index is 13.9. The van der Waals surface area contributed by atoms with E-state index in [0.717, 1.165) is 47.4 Å². The lowest BCUT2D eigenvalue weighted by Gasteiger charge is -2.34. The molecule has 3 rings (SSSR count). The number of hydrogen-bond donors (Lipinski definition) is 1. The van der Waals surface area contributed by atoms with Crippen LogP contribution in [0.5, 0.6) is 0 Å². The summed E-state index contributed by atoms with van der Waals surface area (Å²) in [5.41, 5.74) is 2.77. The number of nitrogens with zero attached hydrogens (tertiary/aromatic N) is 2. The lowest BCUT2D eigenvalue weighted by atomic mass is 9.95. The number of nitrogens with one attached hydrogen (secondary N) is 1. The van der Waals surface area contributed by atoms with Gasteiger partial charge in [-0.3, -0.25) is 13.9 Å². The fourth-order valence-electron chi connectivity index (χ4n) is 4.86. The van der Waals surface area contributed by atoms with E-state index < -0.39 is 28.5 Å². The van der Waals surface area contributed by atoms with Crippen LogP contribution in [0.1, 0.15) is 62.1 Å². The maximum atomic E-state index is 13.9. The Labute approximate surface area is 226 Å². The summed E-state index contributed by atoms with van der Waals surface area (Å²) in [5.74, 6) is -0.677. The zero-order valence-electron chi connectivity index (χ0n) is 22.2. The van der Waals surface area contributed by atoms with Crippen molar-refractivity contribution in [1.82, 2.24) is 10.2 Å². The molecule has 0 aliphatic heterocycles. The molecule has 1 fully saturated rings. The number of rotatable bonds is 10. The Balaban J connectivity index is 1.95. The van der Waals surface area contributed by atoms with Crippen molar-refractivity contribution >= 4 is 39.1 Å². The van der Waals surface area contributed by atoms with Crippen LogP contribution in [0.4, 0.5) is 5.69 Å². The number of sulfonamides is 1. The molecule has 0 unspecified atom stereocenters. The van der Waals surface area contributed by atoms with E-state index in [-0.39, 0.29) is 18.5 Å². The highest BCUT2D eigenvalue weighted by Gasteiger charge is 2.33. The quantitative estimate of drug-likeness (QED) is 0.454. The van der Waals surface area contributed by atoms with E-state index in [9.17, 15) is 18.0 Å². The number of benzene rings is 2. The van der Waals surface area contributed by atoms with E-state index in [1.165, 1.54) is 11.3 Å². The smallest absolute Gasteiger partial charge is 0.244 e. The third kappa shape index (κ3) is 7.71. The first-order valence-corrected chi connectivity index (χ1v) is 15.1. The van der Waals surface area contributed by atoms with E-state index >= 15 is 0 Å². The van der Waals surface area contributed by atoms with Crippen molar-refractivity contribution in [3.63, 3.8) is 0 Å². The van der Waals surface area contributed by atoms with Gasteiger partial charge in [0.15, 0.2) is 0 Å². The third-order valence-corrected chi connectivity index (χ3v) is 8.44. The van der Waals surface area contributed by atoms with Crippen molar-refractivity contribution in [2.45, 2.75) is 77.9 Å². The van der Waals surface area contributed by atoms with Crippen LogP contribution in [-0.2, 0) is 26.2 Å². The lowest BCUT2D eigenvalue weighted by Crippen LogP contribution is -2.54. The highest BCUT2D eigenvalue weighted by Crippen LogP contribution is 2.26. The molecule has 1 aliphatic carbocycles. The van der Waals surface area contributed by atoms with Gasteiger partial charge >= 0.3 is 0 Å². The molecule has 0 heterocycles. The monoisotopic (exact) mass is 547 g/mol. The average molecular weight is 548 g/mol. The highest BCUT2D eigenvalue weighted by atomic mass is 35.5. The molecule has 0 saturated heterocycles. The van der Waals surface area contributed by atoms with Gasteiger partial charge in [0, 0.05) is 17.6 Å². The molecule has 2 amide bonds. The molecule has 0 radical (unpaired) electrons. The molecule has 0 spiro atoms. The SMILES string of the molecule is CC[C@H](C(=O)NC1CCCCC1)N(Cc1ccccc1Cl)C(=O)CN(c1cc(C)ccc1C)S(C)(=O)=O. The molecule has 2 aromatic carbocycles. The summed E-state index contributed by atoms with van der Waals surface area (Å²) in [6.45, 7) is 5.22. The fraction of sp³-hybridized carbons (Fsp3) is 0.500. The van der Waals surface area contributed by atoms with Crippen LogP contribution in [0.2, 0.25) is 5.02 Å². The third-order valence-electron chi connectivity index (χ3n) is 6.95. The van der Waals surface area contributed by atoms with Crippen molar-refractivity contribution in [2.75, 3.05) is 17.1 Å². The molecule has 2 aromatic rings. The van der Waals surface area contributed by atoms with Crippen LogP contribution in [-0.4, -0.2) is 50.0 Å². The second-order valence-corrected chi connectivity index (χ2v) is 12.3. The van der Waals surface area contributed by atoms with Crippen molar-refractivity contribution in [3.05, 3.63) is 64.2 Å². The van der Waals surface area contributed by atoms with Gasteiger partial charge in [-0.05, 0) is 61.9 Å². The van der Waals surface area contributed by atoms with E-state index in [1.54, 1.807) is 18.2 Å². The molecule has 0 bridgehead atoms. The van der Waals surface area contributed by atoms with Gasteiger partial charge in [-0.2, -0.15) is 0 Å². The van der Waals surface area contributed by atoms with Crippen molar-refractivity contribution in [1.29, 1.82) is 0 Å². The van der Waals surface area contributed by atoms with E-state index in [4.69, 9.17) is 11.6 Å². The molecular formula is C28H38ClN3O4S. The number of aryl methyl sites for hydroxylation is 2. The fourth-order valence-corrected chi connectivity index (χ4v) is 5.95. The zero-order valence-corrected chi connectivity index (χ0v) is 23.7. The number of halogens is 1. The molecule has 9 heteroatoms. The Kier molecular flexibility index (Phi) is 10.0. The largest absolute Gasteiger partial charge is 0.352 e. The maximum Gasteiger partial charge on any atom is 0.244 e. The summed E-state index contributed by atoms with van der Waals surface area (Å²) in [7, 11) is -3.78. The summed E-state index contributed by atoms with van der Waals surface area (Å²) in [4.78, 5) is 28.8. The van der Waals surface area contributed by atoms with Gasteiger partial charge < -0.3 is 10.2 Å². The molecule has 0 aromatic heterocycles. The molecule has 1 N–H and O–H groups in total. The minimum atomic E-state index is -3.78. The van der Waals surface area contributed by atoms with Crippen LogP contribution in [0, 0.1) is 13.8 Å². The minimum Gasteiger partial charge on any atom is -0.352 e. The van der Waals surface area contributed by atoms with Crippen molar-refractivity contribution in [2.24, 2.45) is 0 Å². The summed E-state index contributed by atoms with van der Waals surface area (Å²) in [6, 6.07) is 12.0. The van der Waals surface area contributed by atoms with Crippen LogP contribution < -0.4 is 9.62 Å². The van der Waals surface area contributed by atoms with Gasteiger partial charge in [-0.15, -0.1) is 0 Å². The number of carbonyl (C=O) groups is 2. The Morgan fingerprint density at radius 3 is 2.38 bits per heavy atom. The lowest BCUT2D eigenvalue weighted by molar-refractivity contribution is -0.140. The first kappa shape index (κ1) is 29.0. The van der Waals surface area contributed by atoms with Gasteiger partial charge in [0.1, 0.15) is 12.6 Å². The molecule has 7 nitrogen and oxygen atoms in total. The molecule has 1 atom stereocenters. The van der Waals surface area contributed by atoms with Gasteiger partial charge in [0.05, 0.1) is 11.9 Å². The summed E-state index contributed by atoms with van der Waals surface area (Å²) in [6.07, 6.45) is 6.64. The van der Waals surface area contributed by atoms with Gasteiger partial charge in [-0.25, -0.2) is 8.42 Å². The molecule has 37 heavy (non-hydrogen) atoms. The summed E-state index contributed by atoms with van der Waals surface area (Å²) in [5, 5.41) is 3.62. The Morgan fingerprint density at radius 1 is 1.08 bits per heavy atom. The Bertz CT molecular complexity index is 1210. The Hall–Kier alpha value is -2.58. The van der Waals surface area contributed by atoms with Crippen LogP contribution in [0.3, 0.4) is 0 Å². The van der Waals surface area contributed by atoms with Crippen LogP contribution >= 0.6 is 11.6 Å². The molecular weight excluding hydrogens is 510 g/mol. The predicted octanol–water partition coefficient (Wildman–Crippen LogP) is 4.98. The second-order valence-electron chi connectivity index (χ2n) is 9.94. The summed E-state index contributed by atoms with van der Waals surface area (Å²) < 4.78 is 26.8. The number of amides is 2. The number of carbonyl (C=O) groups excluding carboxylic acids is 2. The Morgan fingerprint density at radius 2 is 1.76 bits per heavy atom.